The number of rotatable bonds is 4. The van der Waals surface area contributed by atoms with E-state index in [1.807, 2.05) is 37.3 Å². The zero-order valence-electron chi connectivity index (χ0n) is 13.8. The van der Waals surface area contributed by atoms with Gasteiger partial charge in [-0.15, -0.1) is 0 Å². The monoisotopic (exact) mass is 347 g/mol. The van der Waals surface area contributed by atoms with Gasteiger partial charge in [-0.3, -0.25) is 0 Å². The first-order chi connectivity index (χ1) is 11.5. The molecule has 5 nitrogen and oxygen atoms in total. The minimum absolute atomic E-state index is 0.206. The molecule has 3 rings (SSSR count). The quantitative estimate of drug-likeness (QED) is 0.852. The molecule has 6 heteroatoms. The van der Waals surface area contributed by atoms with E-state index >= 15 is 0 Å². The topological polar surface area (TPSA) is 55.8 Å². The first kappa shape index (κ1) is 16.8. The minimum atomic E-state index is -3.63. The lowest BCUT2D eigenvalue weighted by Crippen LogP contribution is -2.29. The van der Waals surface area contributed by atoms with Gasteiger partial charge in [-0.25, -0.2) is 8.42 Å². The fourth-order valence-corrected chi connectivity index (χ4v) is 3.99. The second kappa shape index (κ2) is 6.83. The maximum atomic E-state index is 12.9. The van der Waals surface area contributed by atoms with E-state index in [4.69, 9.17) is 9.47 Å². The molecule has 24 heavy (non-hydrogen) atoms. The molecule has 0 N–H and O–H groups in total. The van der Waals surface area contributed by atoms with Crippen molar-refractivity contribution in [1.29, 1.82) is 0 Å². The summed E-state index contributed by atoms with van der Waals surface area (Å²) in [4.78, 5) is 0.206. The fourth-order valence-electron chi connectivity index (χ4n) is 2.62. The molecule has 0 aromatic heterocycles. The van der Waals surface area contributed by atoms with E-state index in [0.717, 1.165) is 12.0 Å². The third kappa shape index (κ3) is 3.25. The highest BCUT2D eigenvalue weighted by Gasteiger charge is 2.27. The summed E-state index contributed by atoms with van der Waals surface area (Å²) in [6, 6.07) is 14.1. The van der Waals surface area contributed by atoms with Crippen molar-refractivity contribution in [3.8, 4) is 11.5 Å². The van der Waals surface area contributed by atoms with Gasteiger partial charge in [0.1, 0.15) is 0 Å². The van der Waals surface area contributed by atoms with Gasteiger partial charge in [-0.2, -0.15) is 4.31 Å². The molecule has 0 saturated heterocycles. The Morgan fingerprint density at radius 1 is 1.00 bits per heavy atom. The van der Waals surface area contributed by atoms with Crippen LogP contribution in [0, 0.1) is 0 Å². The molecule has 128 valence electrons. The van der Waals surface area contributed by atoms with E-state index in [1.165, 1.54) is 4.31 Å². The second-order valence-corrected chi connectivity index (χ2v) is 7.76. The second-order valence-electron chi connectivity index (χ2n) is 5.77. The van der Waals surface area contributed by atoms with Gasteiger partial charge in [0, 0.05) is 25.6 Å². The van der Waals surface area contributed by atoms with Crippen molar-refractivity contribution in [3.05, 3.63) is 54.1 Å². The van der Waals surface area contributed by atoms with Crippen LogP contribution in [0.4, 0.5) is 0 Å². The molecule has 2 aromatic carbocycles. The van der Waals surface area contributed by atoms with Gasteiger partial charge < -0.3 is 9.47 Å². The zero-order valence-corrected chi connectivity index (χ0v) is 14.6. The van der Waals surface area contributed by atoms with E-state index < -0.39 is 10.0 Å². The number of fused-ring (bicyclic) bond motifs is 1. The van der Waals surface area contributed by atoms with Crippen molar-refractivity contribution in [1.82, 2.24) is 4.31 Å². The van der Waals surface area contributed by atoms with E-state index in [1.54, 1.807) is 25.2 Å². The Balaban J connectivity index is 1.91. The van der Waals surface area contributed by atoms with Crippen LogP contribution in [0.25, 0.3) is 0 Å². The van der Waals surface area contributed by atoms with Gasteiger partial charge >= 0.3 is 0 Å². The van der Waals surface area contributed by atoms with Crippen molar-refractivity contribution in [3.63, 3.8) is 0 Å². The smallest absolute Gasteiger partial charge is 0.243 e. The molecule has 0 radical (unpaired) electrons. The first-order valence-electron chi connectivity index (χ1n) is 7.93. The summed E-state index contributed by atoms with van der Waals surface area (Å²) in [5, 5.41) is 0. The lowest BCUT2D eigenvalue weighted by Gasteiger charge is -2.25. The predicted molar refractivity (Wildman–Crippen MR) is 91.9 cm³/mol. The normalized spacial score (nSPS) is 15.8. The number of hydrogen-bond donors (Lipinski definition) is 0. The summed E-state index contributed by atoms with van der Waals surface area (Å²) in [6.07, 6.45) is 0.779. The molecule has 0 unspecified atom stereocenters. The number of sulfonamides is 1. The van der Waals surface area contributed by atoms with E-state index in [9.17, 15) is 8.42 Å². The van der Waals surface area contributed by atoms with Gasteiger partial charge in [0.2, 0.25) is 10.0 Å². The van der Waals surface area contributed by atoms with Crippen molar-refractivity contribution < 1.29 is 17.9 Å². The molecule has 0 aliphatic carbocycles. The third-order valence-electron chi connectivity index (χ3n) is 4.22. The Kier molecular flexibility index (Phi) is 4.78. The largest absolute Gasteiger partial charge is 0.490 e. The summed E-state index contributed by atoms with van der Waals surface area (Å²) in [5.41, 5.74) is 0.943. The molecule has 1 atom stereocenters. The number of nitrogens with zero attached hydrogens (tertiary/aromatic N) is 1. The van der Waals surface area contributed by atoms with Crippen LogP contribution in [0.5, 0.6) is 11.5 Å². The van der Waals surface area contributed by atoms with Crippen molar-refractivity contribution in [2.24, 2.45) is 0 Å². The Bertz CT molecular complexity index is 805. The molecule has 0 fully saturated rings. The summed E-state index contributed by atoms with van der Waals surface area (Å²) in [5.74, 6) is 1.07. The predicted octanol–water partition coefficient (Wildman–Crippen LogP) is 3.23. The minimum Gasteiger partial charge on any atom is -0.490 e. The molecule has 0 amide bonds. The van der Waals surface area contributed by atoms with Crippen molar-refractivity contribution in [2.75, 3.05) is 20.3 Å². The maximum Gasteiger partial charge on any atom is 0.243 e. The first-order valence-corrected chi connectivity index (χ1v) is 9.37. The molecule has 0 saturated carbocycles. The lowest BCUT2D eigenvalue weighted by atomic mass is 10.1. The van der Waals surface area contributed by atoms with Crippen LogP contribution in [-0.2, 0) is 10.0 Å². The van der Waals surface area contributed by atoms with E-state index in [0.29, 0.717) is 24.7 Å². The number of hydrogen-bond acceptors (Lipinski definition) is 4. The average Bonchev–Trinajstić information content (AvgIpc) is 2.85. The molecule has 1 aliphatic rings. The van der Waals surface area contributed by atoms with Crippen LogP contribution in [0.15, 0.2) is 53.4 Å². The van der Waals surface area contributed by atoms with Gasteiger partial charge in [-0.1, -0.05) is 30.3 Å². The molecule has 1 heterocycles. The highest BCUT2D eigenvalue weighted by Crippen LogP contribution is 2.34. The van der Waals surface area contributed by atoms with Crippen LogP contribution in [0.3, 0.4) is 0 Å². The summed E-state index contributed by atoms with van der Waals surface area (Å²) < 4.78 is 38.4. The van der Waals surface area contributed by atoms with Crippen LogP contribution in [0.2, 0.25) is 0 Å². The molecular weight excluding hydrogens is 326 g/mol. The summed E-state index contributed by atoms with van der Waals surface area (Å²) >= 11 is 0. The molecule has 1 aliphatic heterocycles. The van der Waals surface area contributed by atoms with E-state index in [-0.39, 0.29) is 10.9 Å². The van der Waals surface area contributed by atoms with Crippen LogP contribution in [0.1, 0.15) is 24.9 Å². The fraction of sp³-hybridized carbons (Fsp3) is 0.333. The third-order valence-corrected chi connectivity index (χ3v) is 6.15. The highest BCUT2D eigenvalue weighted by atomic mass is 32.2. The van der Waals surface area contributed by atoms with Crippen LogP contribution in [-0.4, -0.2) is 33.0 Å². The number of benzene rings is 2. The van der Waals surface area contributed by atoms with Crippen molar-refractivity contribution in [2.45, 2.75) is 24.3 Å². The Labute approximate surface area is 142 Å². The highest BCUT2D eigenvalue weighted by molar-refractivity contribution is 7.89. The van der Waals surface area contributed by atoms with Gasteiger partial charge in [0.15, 0.2) is 11.5 Å². The molecule has 2 aromatic rings. The number of ether oxygens (including phenoxy) is 2. The molecule has 0 bridgehead atoms. The lowest BCUT2D eigenvalue weighted by molar-refractivity contribution is 0.296. The van der Waals surface area contributed by atoms with Crippen LogP contribution >= 0.6 is 0 Å². The van der Waals surface area contributed by atoms with Crippen molar-refractivity contribution >= 4 is 10.0 Å². The Morgan fingerprint density at radius 3 is 2.38 bits per heavy atom. The maximum absolute atomic E-state index is 12.9. The summed E-state index contributed by atoms with van der Waals surface area (Å²) in [7, 11) is -2.04. The standard InChI is InChI=1S/C18H21NO4S/c1-14(15-7-4-3-5-8-15)19(2)24(20,21)16-9-10-17-18(13-16)23-12-6-11-22-17/h3-5,7-10,13-14H,6,11-12H2,1-2H3/t14-/m1/s1. The van der Waals surface area contributed by atoms with Crippen LogP contribution < -0.4 is 9.47 Å². The SMILES string of the molecule is C[C@H](c1ccccc1)N(C)S(=O)(=O)c1ccc2c(c1)OCCCO2. The Hall–Kier alpha value is -2.05. The molecule has 0 spiro atoms. The average molecular weight is 347 g/mol. The van der Waals surface area contributed by atoms with Gasteiger partial charge in [-0.05, 0) is 24.6 Å². The summed E-state index contributed by atoms with van der Waals surface area (Å²) in [6.45, 7) is 2.97. The Morgan fingerprint density at radius 2 is 1.67 bits per heavy atom. The van der Waals surface area contributed by atoms with Gasteiger partial charge in [0.25, 0.3) is 0 Å². The molecular formula is C18H21NO4S. The van der Waals surface area contributed by atoms with E-state index in [2.05, 4.69) is 0 Å². The zero-order chi connectivity index (χ0) is 17.2. The van der Waals surface area contributed by atoms with Gasteiger partial charge in [0.05, 0.1) is 18.1 Å².